The van der Waals surface area contributed by atoms with Crippen LogP contribution in [0.2, 0.25) is 0 Å². The molecule has 0 aromatic heterocycles. The molecular formula is C8H15F. The van der Waals surface area contributed by atoms with Crippen LogP contribution in [0, 0.1) is 11.8 Å². The largest absolute Gasteiger partial charge is 0.244 e. The van der Waals surface area contributed by atoms with Crippen LogP contribution in [-0.4, -0.2) is 5.67 Å². The minimum atomic E-state index is -0.957. The van der Waals surface area contributed by atoms with E-state index >= 15 is 0 Å². The van der Waals surface area contributed by atoms with Gasteiger partial charge < -0.3 is 0 Å². The molecule has 0 saturated heterocycles. The molecule has 1 aliphatic rings. The topological polar surface area (TPSA) is 0 Å². The van der Waals surface area contributed by atoms with Crippen molar-refractivity contribution in [3.8, 4) is 0 Å². The lowest BCUT2D eigenvalue weighted by Crippen LogP contribution is -2.24. The van der Waals surface area contributed by atoms with Crippen LogP contribution in [-0.2, 0) is 0 Å². The van der Waals surface area contributed by atoms with E-state index in [1.54, 1.807) is 13.8 Å². The van der Waals surface area contributed by atoms with E-state index in [2.05, 4.69) is 0 Å². The fourth-order valence-corrected chi connectivity index (χ4v) is 1.16. The minimum absolute atomic E-state index is 0.262. The van der Waals surface area contributed by atoms with Crippen LogP contribution in [0.4, 0.5) is 4.39 Å². The van der Waals surface area contributed by atoms with Gasteiger partial charge in [-0.05, 0) is 38.5 Å². The summed E-state index contributed by atoms with van der Waals surface area (Å²) in [5, 5.41) is 0. The van der Waals surface area contributed by atoms with Crippen LogP contribution in [0.15, 0.2) is 0 Å². The predicted molar refractivity (Wildman–Crippen MR) is 37.1 cm³/mol. The van der Waals surface area contributed by atoms with Gasteiger partial charge in [-0.15, -0.1) is 0 Å². The van der Waals surface area contributed by atoms with Gasteiger partial charge in [0.15, 0.2) is 0 Å². The highest BCUT2D eigenvalue weighted by molar-refractivity contribution is 4.87. The quantitative estimate of drug-likeness (QED) is 0.539. The average Bonchev–Trinajstić information content (AvgIpc) is 2.40. The van der Waals surface area contributed by atoms with Crippen molar-refractivity contribution in [3.63, 3.8) is 0 Å². The first-order chi connectivity index (χ1) is 4.02. The number of hydrogen-bond acceptors (Lipinski definition) is 0. The van der Waals surface area contributed by atoms with Crippen molar-refractivity contribution >= 4 is 0 Å². The molecule has 1 atom stereocenters. The third-order valence-electron chi connectivity index (χ3n) is 2.41. The molecule has 1 aliphatic carbocycles. The summed E-state index contributed by atoms with van der Waals surface area (Å²) in [5.41, 5.74) is -0.957. The first-order valence-electron chi connectivity index (χ1n) is 3.70. The highest BCUT2D eigenvalue weighted by atomic mass is 19.1. The SMILES string of the molecule is C[C@@H](C1CC1)C(C)(C)F. The molecule has 1 saturated carbocycles. The number of rotatable bonds is 2. The molecule has 0 bridgehead atoms. The van der Waals surface area contributed by atoms with Gasteiger partial charge in [0.1, 0.15) is 5.67 Å². The second kappa shape index (κ2) is 1.96. The first kappa shape index (κ1) is 7.04. The summed E-state index contributed by atoms with van der Waals surface area (Å²) in [6, 6.07) is 0. The molecule has 54 valence electrons. The Balaban J connectivity index is 2.40. The Morgan fingerprint density at radius 1 is 1.44 bits per heavy atom. The Labute approximate surface area is 56.5 Å². The minimum Gasteiger partial charge on any atom is -0.244 e. The lowest BCUT2D eigenvalue weighted by molar-refractivity contribution is 0.121. The summed E-state index contributed by atoms with van der Waals surface area (Å²) < 4.78 is 13.1. The van der Waals surface area contributed by atoms with Gasteiger partial charge in [-0.1, -0.05) is 6.92 Å². The summed E-state index contributed by atoms with van der Waals surface area (Å²) in [6.45, 7) is 5.36. The van der Waals surface area contributed by atoms with E-state index in [-0.39, 0.29) is 5.92 Å². The maximum atomic E-state index is 13.1. The molecule has 0 nitrogen and oxygen atoms in total. The van der Waals surface area contributed by atoms with Gasteiger partial charge >= 0.3 is 0 Å². The van der Waals surface area contributed by atoms with Crippen LogP contribution >= 0.6 is 0 Å². The van der Waals surface area contributed by atoms with E-state index in [0.717, 1.165) is 0 Å². The number of halogens is 1. The zero-order valence-corrected chi connectivity index (χ0v) is 6.45. The van der Waals surface area contributed by atoms with Crippen molar-refractivity contribution in [1.29, 1.82) is 0 Å². The van der Waals surface area contributed by atoms with E-state index in [1.165, 1.54) is 12.8 Å². The van der Waals surface area contributed by atoms with Crippen molar-refractivity contribution < 1.29 is 4.39 Å². The monoisotopic (exact) mass is 130 g/mol. The smallest absolute Gasteiger partial charge is 0.108 e. The zero-order valence-electron chi connectivity index (χ0n) is 6.45. The molecule has 0 radical (unpaired) electrons. The molecule has 0 heterocycles. The van der Waals surface area contributed by atoms with Crippen LogP contribution in [0.5, 0.6) is 0 Å². The van der Waals surface area contributed by atoms with E-state index in [9.17, 15) is 4.39 Å². The molecule has 0 amide bonds. The van der Waals surface area contributed by atoms with Crippen molar-refractivity contribution in [2.75, 3.05) is 0 Å². The van der Waals surface area contributed by atoms with Gasteiger partial charge in [-0.2, -0.15) is 0 Å². The Morgan fingerprint density at radius 2 is 1.89 bits per heavy atom. The Bertz CT molecular complexity index is 97.6. The molecule has 0 unspecified atom stereocenters. The summed E-state index contributed by atoms with van der Waals surface area (Å²) >= 11 is 0. The Morgan fingerprint density at radius 3 is 2.00 bits per heavy atom. The molecule has 1 fully saturated rings. The van der Waals surface area contributed by atoms with Crippen LogP contribution < -0.4 is 0 Å². The van der Waals surface area contributed by atoms with E-state index in [1.807, 2.05) is 6.92 Å². The number of hydrogen-bond donors (Lipinski definition) is 0. The van der Waals surface area contributed by atoms with Gasteiger partial charge in [0.25, 0.3) is 0 Å². The fourth-order valence-electron chi connectivity index (χ4n) is 1.16. The fraction of sp³-hybridized carbons (Fsp3) is 1.00. The molecule has 0 spiro atoms. The van der Waals surface area contributed by atoms with Crippen molar-refractivity contribution in [2.45, 2.75) is 39.3 Å². The third kappa shape index (κ3) is 1.67. The second-order valence-corrected chi connectivity index (χ2v) is 3.69. The van der Waals surface area contributed by atoms with Crippen molar-refractivity contribution in [3.05, 3.63) is 0 Å². The molecule has 1 heteroatoms. The van der Waals surface area contributed by atoms with Gasteiger partial charge in [0.05, 0.1) is 0 Å². The zero-order chi connectivity index (χ0) is 7.07. The van der Waals surface area contributed by atoms with Crippen LogP contribution in [0.25, 0.3) is 0 Å². The average molecular weight is 130 g/mol. The molecule has 1 rings (SSSR count). The summed E-state index contributed by atoms with van der Waals surface area (Å²) in [4.78, 5) is 0. The van der Waals surface area contributed by atoms with Crippen molar-refractivity contribution in [2.24, 2.45) is 11.8 Å². The van der Waals surface area contributed by atoms with Gasteiger partial charge in [-0.3, -0.25) is 0 Å². The second-order valence-electron chi connectivity index (χ2n) is 3.69. The molecule has 0 N–H and O–H groups in total. The summed E-state index contributed by atoms with van der Waals surface area (Å²) in [6.07, 6.45) is 2.49. The van der Waals surface area contributed by atoms with Gasteiger partial charge in [0.2, 0.25) is 0 Å². The summed E-state index contributed by atoms with van der Waals surface area (Å²) in [5.74, 6) is 0.947. The molecule has 9 heavy (non-hydrogen) atoms. The van der Waals surface area contributed by atoms with E-state index < -0.39 is 5.67 Å². The van der Waals surface area contributed by atoms with E-state index in [0.29, 0.717) is 5.92 Å². The lowest BCUT2D eigenvalue weighted by atomic mass is 9.90. The first-order valence-corrected chi connectivity index (χ1v) is 3.70. The number of alkyl halides is 1. The normalized spacial score (nSPS) is 24.0. The standard InChI is InChI=1S/C8H15F/c1-6(7-4-5-7)8(2,3)9/h6-7H,4-5H2,1-3H3/t6-/m0/s1. The molecule has 0 aliphatic heterocycles. The van der Waals surface area contributed by atoms with Crippen LogP contribution in [0.1, 0.15) is 33.6 Å². The van der Waals surface area contributed by atoms with Crippen molar-refractivity contribution in [1.82, 2.24) is 0 Å². The maximum Gasteiger partial charge on any atom is 0.108 e. The Hall–Kier alpha value is -0.0700. The third-order valence-corrected chi connectivity index (χ3v) is 2.41. The maximum absolute atomic E-state index is 13.1. The van der Waals surface area contributed by atoms with E-state index in [4.69, 9.17) is 0 Å². The van der Waals surface area contributed by atoms with Gasteiger partial charge in [0, 0.05) is 0 Å². The Kier molecular flexibility index (Phi) is 1.54. The van der Waals surface area contributed by atoms with Gasteiger partial charge in [-0.25, -0.2) is 4.39 Å². The molecule has 0 aromatic carbocycles. The highest BCUT2D eigenvalue weighted by Crippen LogP contribution is 2.42. The summed E-state index contributed by atoms with van der Waals surface area (Å²) in [7, 11) is 0. The van der Waals surface area contributed by atoms with Crippen LogP contribution in [0.3, 0.4) is 0 Å². The molecular weight excluding hydrogens is 115 g/mol. The highest BCUT2D eigenvalue weighted by Gasteiger charge is 2.37. The molecule has 0 aromatic rings. The predicted octanol–water partition coefficient (Wildman–Crippen LogP) is 2.78. The lowest BCUT2D eigenvalue weighted by Gasteiger charge is -2.22.